The van der Waals surface area contributed by atoms with Crippen molar-refractivity contribution in [1.82, 2.24) is 20.5 Å². The predicted octanol–water partition coefficient (Wildman–Crippen LogP) is 2.72. The summed E-state index contributed by atoms with van der Waals surface area (Å²) in [7, 11) is 1.77. The maximum absolute atomic E-state index is 12.6. The van der Waals surface area contributed by atoms with Gasteiger partial charge in [0.2, 0.25) is 11.8 Å². The number of nitrogens with zero attached hydrogens (tertiary/aromatic N) is 3. The zero-order valence-corrected chi connectivity index (χ0v) is 17.8. The fourth-order valence-electron chi connectivity index (χ4n) is 4.08. The molecule has 160 valence electrons. The molecule has 0 bridgehead atoms. The second kappa shape index (κ2) is 11.0. The lowest BCUT2D eigenvalue weighted by molar-refractivity contribution is -0.134. The number of hydrogen-bond donors (Lipinski definition) is 2. The number of hydrogen-bond acceptors (Lipinski definition) is 4. The van der Waals surface area contributed by atoms with Gasteiger partial charge in [-0.05, 0) is 31.7 Å². The van der Waals surface area contributed by atoms with Crippen molar-refractivity contribution in [2.24, 2.45) is 10.9 Å². The van der Waals surface area contributed by atoms with Gasteiger partial charge in [0.15, 0.2) is 5.96 Å². The molecular weight excluding hydrogens is 366 g/mol. The summed E-state index contributed by atoms with van der Waals surface area (Å²) >= 11 is 0. The van der Waals surface area contributed by atoms with Gasteiger partial charge in [-0.3, -0.25) is 9.79 Å². The van der Waals surface area contributed by atoms with E-state index in [9.17, 15) is 4.79 Å². The first-order valence-electron chi connectivity index (χ1n) is 11.0. The first-order chi connectivity index (χ1) is 14.2. The lowest BCUT2D eigenvalue weighted by Crippen LogP contribution is -2.45. The molecule has 7 heteroatoms. The summed E-state index contributed by atoms with van der Waals surface area (Å²) in [6, 6.07) is 4.18. The van der Waals surface area contributed by atoms with Crippen LogP contribution in [0.2, 0.25) is 0 Å². The monoisotopic (exact) mass is 401 g/mol. The topological polar surface area (TPSA) is 78.8 Å². The zero-order valence-electron chi connectivity index (χ0n) is 17.8. The molecule has 0 spiro atoms. The molecule has 2 N–H and O–H groups in total. The van der Waals surface area contributed by atoms with E-state index in [0.29, 0.717) is 24.9 Å². The molecule has 1 atom stereocenters. The largest absolute Gasteiger partial charge is 0.477 e. The van der Waals surface area contributed by atoms with E-state index in [-0.39, 0.29) is 12.0 Å². The Morgan fingerprint density at radius 1 is 1.34 bits per heavy atom. The van der Waals surface area contributed by atoms with E-state index in [4.69, 9.17) is 4.74 Å². The number of ether oxygens (including phenoxy) is 1. The van der Waals surface area contributed by atoms with Crippen LogP contribution in [0.3, 0.4) is 0 Å². The molecule has 1 aromatic rings. The summed E-state index contributed by atoms with van der Waals surface area (Å²) in [5.41, 5.74) is 1.01. The first-order valence-corrected chi connectivity index (χ1v) is 11.0. The Kier molecular flexibility index (Phi) is 8.14. The Morgan fingerprint density at radius 3 is 2.93 bits per heavy atom. The molecule has 1 aliphatic carbocycles. The van der Waals surface area contributed by atoms with Gasteiger partial charge in [-0.25, -0.2) is 4.98 Å². The minimum Gasteiger partial charge on any atom is -0.477 e. The SMILES string of the molecule is CCCCOc1ncccc1CNC(=NC)NC1CCN(C(=O)C2CCCC2)C1. The summed E-state index contributed by atoms with van der Waals surface area (Å²) in [5.74, 6) is 2.02. The van der Waals surface area contributed by atoms with Crippen molar-refractivity contribution in [1.29, 1.82) is 0 Å². The van der Waals surface area contributed by atoms with Crippen LogP contribution in [0, 0.1) is 5.92 Å². The van der Waals surface area contributed by atoms with Gasteiger partial charge in [0.05, 0.1) is 6.61 Å². The average Bonchev–Trinajstić information content (AvgIpc) is 3.44. The van der Waals surface area contributed by atoms with Crippen molar-refractivity contribution < 1.29 is 9.53 Å². The van der Waals surface area contributed by atoms with Crippen LogP contribution in [0.15, 0.2) is 23.3 Å². The molecule has 2 heterocycles. The summed E-state index contributed by atoms with van der Waals surface area (Å²) < 4.78 is 5.81. The number of aromatic nitrogens is 1. The van der Waals surface area contributed by atoms with E-state index in [1.54, 1.807) is 13.2 Å². The molecule has 1 saturated carbocycles. The number of aliphatic imine (C=N–C) groups is 1. The average molecular weight is 402 g/mol. The normalized spacial score (nSPS) is 20.1. The third-order valence-electron chi connectivity index (χ3n) is 5.80. The number of amides is 1. The van der Waals surface area contributed by atoms with Crippen molar-refractivity contribution in [2.45, 2.75) is 64.5 Å². The first kappa shape index (κ1) is 21.4. The van der Waals surface area contributed by atoms with E-state index in [2.05, 4.69) is 27.5 Å². The maximum Gasteiger partial charge on any atom is 0.225 e. The molecule has 1 unspecified atom stereocenters. The minimum atomic E-state index is 0.237. The number of guanidine groups is 1. The van der Waals surface area contributed by atoms with Crippen LogP contribution in [0.4, 0.5) is 0 Å². The fourth-order valence-corrected chi connectivity index (χ4v) is 4.08. The maximum atomic E-state index is 12.6. The van der Waals surface area contributed by atoms with Gasteiger partial charge in [-0.15, -0.1) is 0 Å². The van der Waals surface area contributed by atoms with Crippen molar-refractivity contribution in [3.05, 3.63) is 23.9 Å². The van der Waals surface area contributed by atoms with Crippen LogP contribution in [0.5, 0.6) is 5.88 Å². The highest BCUT2D eigenvalue weighted by atomic mass is 16.5. The van der Waals surface area contributed by atoms with Gasteiger partial charge in [0, 0.05) is 50.4 Å². The highest BCUT2D eigenvalue weighted by Gasteiger charge is 2.32. The zero-order chi connectivity index (χ0) is 20.5. The summed E-state index contributed by atoms with van der Waals surface area (Å²) in [6.07, 6.45) is 9.34. The van der Waals surface area contributed by atoms with Gasteiger partial charge in [0.25, 0.3) is 0 Å². The molecule has 2 aliphatic rings. The Hall–Kier alpha value is -2.31. The van der Waals surface area contributed by atoms with Gasteiger partial charge < -0.3 is 20.3 Å². The number of carbonyl (C=O) groups excluding carboxylic acids is 1. The van der Waals surface area contributed by atoms with Gasteiger partial charge in [-0.2, -0.15) is 0 Å². The number of carbonyl (C=O) groups is 1. The van der Waals surface area contributed by atoms with Crippen molar-refractivity contribution in [3.8, 4) is 5.88 Å². The number of nitrogens with one attached hydrogen (secondary N) is 2. The lowest BCUT2D eigenvalue weighted by atomic mass is 10.1. The van der Waals surface area contributed by atoms with E-state index in [1.165, 1.54) is 12.8 Å². The van der Waals surface area contributed by atoms with Crippen LogP contribution in [-0.4, -0.2) is 54.5 Å². The molecule has 2 fully saturated rings. The summed E-state index contributed by atoms with van der Waals surface area (Å²) in [6.45, 7) is 5.01. The minimum absolute atomic E-state index is 0.237. The second-order valence-corrected chi connectivity index (χ2v) is 7.99. The third kappa shape index (κ3) is 6.08. The molecule has 3 rings (SSSR count). The van der Waals surface area contributed by atoms with Crippen molar-refractivity contribution in [2.75, 3.05) is 26.7 Å². The highest BCUT2D eigenvalue weighted by Crippen LogP contribution is 2.27. The molecular formula is C22H35N5O2. The van der Waals surface area contributed by atoms with Crippen molar-refractivity contribution in [3.63, 3.8) is 0 Å². The molecule has 1 aromatic heterocycles. The third-order valence-corrected chi connectivity index (χ3v) is 5.80. The van der Waals surface area contributed by atoms with Crippen molar-refractivity contribution >= 4 is 11.9 Å². The molecule has 1 amide bonds. The van der Waals surface area contributed by atoms with E-state index in [0.717, 1.165) is 56.7 Å². The van der Waals surface area contributed by atoms with Crippen LogP contribution >= 0.6 is 0 Å². The number of rotatable bonds is 8. The summed E-state index contributed by atoms with van der Waals surface area (Å²) in [4.78, 5) is 23.4. The molecule has 29 heavy (non-hydrogen) atoms. The molecule has 1 saturated heterocycles. The van der Waals surface area contributed by atoms with Crippen LogP contribution < -0.4 is 15.4 Å². The number of likely N-dealkylation sites (tertiary alicyclic amines) is 1. The molecule has 0 radical (unpaired) electrons. The van der Waals surface area contributed by atoms with E-state index in [1.807, 2.05) is 17.0 Å². The highest BCUT2D eigenvalue weighted by molar-refractivity contribution is 5.81. The number of unbranched alkanes of at least 4 members (excludes halogenated alkanes) is 1. The van der Waals surface area contributed by atoms with E-state index < -0.39 is 0 Å². The molecule has 0 aromatic carbocycles. The Labute approximate surface area is 174 Å². The summed E-state index contributed by atoms with van der Waals surface area (Å²) in [5, 5.41) is 6.82. The Bertz CT molecular complexity index is 688. The van der Waals surface area contributed by atoms with Crippen LogP contribution in [0.1, 0.15) is 57.4 Å². The Balaban J connectivity index is 1.47. The van der Waals surface area contributed by atoms with Gasteiger partial charge >= 0.3 is 0 Å². The Morgan fingerprint density at radius 2 is 2.17 bits per heavy atom. The molecule has 7 nitrogen and oxygen atoms in total. The smallest absolute Gasteiger partial charge is 0.225 e. The predicted molar refractivity (Wildman–Crippen MR) is 115 cm³/mol. The van der Waals surface area contributed by atoms with Crippen LogP contribution in [-0.2, 0) is 11.3 Å². The van der Waals surface area contributed by atoms with Gasteiger partial charge in [-0.1, -0.05) is 32.3 Å². The molecule has 1 aliphatic heterocycles. The lowest BCUT2D eigenvalue weighted by Gasteiger charge is -2.21. The van der Waals surface area contributed by atoms with Gasteiger partial charge in [0.1, 0.15) is 0 Å². The van der Waals surface area contributed by atoms with Crippen LogP contribution in [0.25, 0.3) is 0 Å². The standard InChI is InChI=1S/C22H35N5O2/c1-3-4-14-29-20-18(10-7-12-24-20)15-25-22(23-2)26-19-11-13-27(16-19)21(28)17-8-5-6-9-17/h7,10,12,17,19H,3-6,8-9,11,13-16H2,1-2H3,(H2,23,25,26). The fraction of sp³-hybridized carbons (Fsp3) is 0.682. The second-order valence-electron chi connectivity index (χ2n) is 7.99. The number of pyridine rings is 1. The quantitative estimate of drug-likeness (QED) is 0.398. The van der Waals surface area contributed by atoms with E-state index >= 15 is 0 Å².